The molecule has 0 aliphatic rings. The highest BCUT2D eigenvalue weighted by atomic mass is 35.5. The molecule has 2 rings (SSSR count). The second-order valence-corrected chi connectivity index (χ2v) is 10.3. The number of benzene rings is 2. The van der Waals surface area contributed by atoms with E-state index in [-0.39, 0.29) is 5.02 Å². The Balaban J connectivity index is 1.97. The van der Waals surface area contributed by atoms with Crippen molar-refractivity contribution in [1.82, 2.24) is 5.32 Å². The Hall–Kier alpha value is -1.91. The fraction of sp³-hybridized carbons (Fsp3) is 0.350. The summed E-state index contributed by atoms with van der Waals surface area (Å²) in [6, 6.07) is 10.3. The molecule has 1 N–H and O–H groups in total. The van der Waals surface area contributed by atoms with Gasteiger partial charge in [0.15, 0.2) is 0 Å². The van der Waals surface area contributed by atoms with E-state index < -0.39 is 39.9 Å². The number of anilines is 1. The van der Waals surface area contributed by atoms with E-state index in [4.69, 9.17) is 11.6 Å². The van der Waals surface area contributed by atoms with Crippen molar-refractivity contribution in [3.63, 3.8) is 0 Å². The summed E-state index contributed by atoms with van der Waals surface area (Å²) in [5.74, 6) is 0.0951. The Morgan fingerprint density at radius 3 is 2.39 bits per heavy atom. The second kappa shape index (κ2) is 10.6. The quantitative estimate of drug-likeness (QED) is 0.404. The van der Waals surface area contributed by atoms with Crippen LogP contribution in [0.3, 0.4) is 0 Å². The van der Waals surface area contributed by atoms with Gasteiger partial charge >= 0.3 is 6.18 Å². The summed E-state index contributed by atoms with van der Waals surface area (Å²) >= 11 is 7.56. The number of thioether (sulfide) groups is 1. The predicted molar refractivity (Wildman–Crippen MR) is 118 cm³/mol. The van der Waals surface area contributed by atoms with Crippen molar-refractivity contribution in [2.24, 2.45) is 0 Å². The summed E-state index contributed by atoms with van der Waals surface area (Å²) in [7, 11) is -4.06. The maximum Gasteiger partial charge on any atom is 0.416 e. The zero-order chi connectivity index (χ0) is 23.2. The number of halogens is 4. The molecule has 5 nitrogen and oxygen atoms in total. The normalized spacial score (nSPS) is 11.9. The number of rotatable bonds is 9. The fourth-order valence-electron chi connectivity index (χ4n) is 2.57. The molecule has 0 aromatic heterocycles. The molecule has 0 atom stereocenters. The van der Waals surface area contributed by atoms with Crippen molar-refractivity contribution in [3.8, 4) is 0 Å². The van der Waals surface area contributed by atoms with Crippen LogP contribution < -0.4 is 9.62 Å². The SMILES string of the molecule is Cc1ccc(SCCCNC(=O)CN(c2cc(C(F)(F)F)ccc2Cl)S(C)(=O)=O)cc1. The monoisotopic (exact) mass is 494 g/mol. The molecule has 0 saturated heterocycles. The van der Waals surface area contributed by atoms with Crippen molar-refractivity contribution in [3.05, 3.63) is 58.6 Å². The van der Waals surface area contributed by atoms with Crippen molar-refractivity contribution in [1.29, 1.82) is 0 Å². The summed E-state index contributed by atoms with van der Waals surface area (Å²) in [5.41, 5.74) is -0.300. The molecule has 0 aliphatic heterocycles. The van der Waals surface area contributed by atoms with Crippen LogP contribution in [0.1, 0.15) is 17.5 Å². The maximum absolute atomic E-state index is 13.0. The lowest BCUT2D eigenvalue weighted by Gasteiger charge is -2.24. The van der Waals surface area contributed by atoms with Crippen molar-refractivity contribution in [2.45, 2.75) is 24.4 Å². The molecular formula is C20H22ClF3N2O3S2. The molecule has 0 radical (unpaired) electrons. The van der Waals surface area contributed by atoms with E-state index in [1.165, 1.54) is 0 Å². The van der Waals surface area contributed by atoms with Gasteiger partial charge in [0.2, 0.25) is 15.9 Å². The number of hydrogen-bond donors (Lipinski definition) is 1. The van der Waals surface area contributed by atoms with E-state index >= 15 is 0 Å². The average Bonchev–Trinajstić information content (AvgIpc) is 2.66. The minimum atomic E-state index is -4.68. The molecule has 0 unspecified atom stereocenters. The summed E-state index contributed by atoms with van der Waals surface area (Å²) in [4.78, 5) is 13.3. The van der Waals surface area contributed by atoms with Gasteiger partial charge in [-0.2, -0.15) is 13.2 Å². The molecule has 0 aliphatic carbocycles. The van der Waals surface area contributed by atoms with Gasteiger partial charge in [-0.05, 0) is 49.4 Å². The highest BCUT2D eigenvalue weighted by Crippen LogP contribution is 2.36. The van der Waals surface area contributed by atoms with Gasteiger partial charge in [0, 0.05) is 11.4 Å². The van der Waals surface area contributed by atoms with Crippen LogP contribution >= 0.6 is 23.4 Å². The van der Waals surface area contributed by atoms with Crippen LogP contribution in [0.25, 0.3) is 0 Å². The summed E-state index contributed by atoms with van der Waals surface area (Å²) in [5, 5.41) is 2.38. The lowest BCUT2D eigenvalue weighted by atomic mass is 10.2. The van der Waals surface area contributed by atoms with Gasteiger partial charge in [-0.25, -0.2) is 8.42 Å². The van der Waals surface area contributed by atoms with Crippen LogP contribution in [0.5, 0.6) is 0 Å². The summed E-state index contributed by atoms with van der Waals surface area (Å²) in [6.45, 7) is 1.62. The summed E-state index contributed by atoms with van der Waals surface area (Å²) < 4.78 is 63.9. The van der Waals surface area contributed by atoms with E-state index in [1.54, 1.807) is 11.8 Å². The molecule has 31 heavy (non-hydrogen) atoms. The third-order valence-electron chi connectivity index (χ3n) is 4.16. The van der Waals surface area contributed by atoms with E-state index in [9.17, 15) is 26.4 Å². The number of carbonyl (C=O) groups is 1. The first-order valence-electron chi connectivity index (χ1n) is 9.18. The Kier molecular flexibility index (Phi) is 8.67. The zero-order valence-electron chi connectivity index (χ0n) is 16.9. The first kappa shape index (κ1) is 25.4. The minimum Gasteiger partial charge on any atom is -0.354 e. The first-order chi connectivity index (χ1) is 14.4. The number of nitrogens with one attached hydrogen (secondary N) is 1. The zero-order valence-corrected chi connectivity index (χ0v) is 19.3. The average molecular weight is 495 g/mol. The molecule has 0 saturated carbocycles. The number of hydrogen-bond acceptors (Lipinski definition) is 4. The highest BCUT2D eigenvalue weighted by molar-refractivity contribution is 7.99. The second-order valence-electron chi connectivity index (χ2n) is 6.80. The van der Waals surface area contributed by atoms with Gasteiger partial charge in [0.25, 0.3) is 0 Å². The number of nitrogens with zero attached hydrogens (tertiary/aromatic N) is 1. The third kappa shape index (κ3) is 7.93. The standard InChI is InChI=1S/C20H22ClF3N2O3S2/c1-14-4-7-16(8-5-14)30-11-3-10-25-19(27)13-26(31(2,28)29)18-12-15(20(22,23)24)6-9-17(18)21/h4-9,12H,3,10-11,13H2,1-2H3,(H,25,27). The smallest absolute Gasteiger partial charge is 0.354 e. The molecule has 0 heterocycles. The third-order valence-corrected chi connectivity index (χ3v) is 6.71. The first-order valence-corrected chi connectivity index (χ1v) is 12.4. The molecule has 170 valence electrons. The lowest BCUT2D eigenvalue weighted by Crippen LogP contribution is -2.41. The van der Waals surface area contributed by atoms with Crippen LogP contribution in [0.2, 0.25) is 5.02 Å². The molecule has 11 heteroatoms. The summed E-state index contributed by atoms with van der Waals surface area (Å²) in [6.07, 6.45) is -3.25. The van der Waals surface area contributed by atoms with Crippen LogP contribution in [-0.2, 0) is 21.0 Å². The number of alkyl halides is 3. The Labute approximate surface area is 189 Å². The number of sulfonamides is 1. The van der Waals surface area contributed by atoms with E-state index in [0.29, 0.717) is 23.3 Å². The van der Waals surface area contributed by atoms with Gasteiger partial charge in [0.1, 0.15) is 6.54 Å². The van der Waals surface area contributed by atoms with Crippen LogP contribution in [0, 0.1) is 6.92 Å². The molecular weight excluding hydrogens is 473 g/mol. The number of carbonyl (C=O) groups excluding carboxylic acids is 1. The van der Waals surface area contributed by atoms with Crippen LogP contribution in [0.4, 0.5) is 18.9 Å². The van der Waals surface area contributed by atoms with Gasteiger partial charge in [-0.1, -0.05) is 29.3 Å². The van der Waals surface area contributed by atoms with Crippen molar-refractivity contribution < 1.29 is 26.4 Å². The highest BCUT2D eigenvalue weighted by Gasteiger charge is 2.33. The number of amides is 1. The molecule has 2 aromatic rings. The molecule has 0 bridgehead atoms. The van der Waals surface area contributed by atoms with Crippen LogP contribution in [0.15, 0.2) is 47.4 Å². The predicted octanol–water partition coefficient (Wildman–Crippen LogP) is 4.73. The van der Waals surface area contributed by atoms with Crippen molar-refractivity contribution in [2.75, 3.05) is 29.4 Å². The lowest BCUT2D eigenvalue weighted by molar-refractivity contribution is -0.137. The van der Waals surface area contributed by atoms with E-state index in [2.05, 4.69) is 5.32 Å². The fourth-order valence-corrected chi connectivity index (χ4v) is 4.55. The molecule has 0 spiro atoms. The van der Waals surface area contributed by atoms with Gasteiger partial charge in [-0.3, -0.25) is 9.10 Å². The van der Waals surface area contributed by atoms with E-state index in [1.807, 2.05) is 31.2 Å². The topological polar surface area (TPSA) is 66.5 Å². The van der Waals surface area contributed by atoms with Gasteiger partial charge in [-0.15, -0.1) is 11.8 Å². The van der Waals surface area contributed by atoms with E-state index in [0.717, 1.165) is 34.6 Å². The molecule has 1 amide bonds. The van der Waals surface area contributed by atoms with Crippen LogP contribution in [-0.4, -0.2) is 39.4 Å². The molecule has 2 aromatic carbocycles. The Morgan fingerprint density at radius 2 is 1.81 bits per heavy atom. The van der Waals surface area contributed by atoms with Gasteiger partial charge in [0.05, 0.1) is 22.5 Å². The Bertz CT molecular complexity index is 1010. The maximum atomic E-state index is 13.0. The number of aryl methyl sites for hydroxylation is 1. The Morgan fingerprint density at radius 1 is 1.16 bits per heavy atom. The van der Waals surface area contributed by atoms with Crippen molar-refractivity contribution >= 4 is 45.0 Å². The van der Waals surface area contributed by atoms with Gasteiger partial charge < -0.3 is 5.32 Å². The molecule has 0 fully saturated rings. The largest absolute Gasteiger partial charge is 0.416 e. The minimum absolute atomic E-state index is 0.208.